The maximum Gasteiger partial charge on any atom is 0.171 e. The van der Waals surface area contributed by atoms with Crippen LogP contribution in [0.25, 0.3) is 10.8 Å². The molecule has 0 fully saturated rings. The van der Waals surface area contributed by atoms with Gasteiger partial charge in [-0.05, 0) is 41.3 Å². The van der Waals surface area contributed by atoms with Crippen molar-refractivity contribution in [1.29, 1.82) is 0 Å². The van der Waals surface area contributed by atoms with E-state index in [9.17, 15) is 4.79 Å². The summed E-state index contributed by atoms with van der Waals surface area (Å²) in [5.74, 6) is 0.112. The van der Waals surface area contributed by atoms with E-state index in [1.807, 2.05) is 42.5 Å². The molecule has 1 unspecified atom stereocenters. The van der Waals surface area contributed by atoms with Crippen LogP contribution in [0.4, 0.5) is 0 Å². The van der Waals surface area contributed by atoms with Gasteiger partial charge in [0.2, 0.25) is 0 Å². The lowest BCUT2D eigenvalue weighted by molar-refractivity contribution is 0.0958. The SMILES string of the molecule is O=C(c1ccc2ccccc2c1)C1CCc2cccnc21. The predicted octanol–water partition coefficient (Wildman–Crippen LogP) is 4.15. The molecule has 0 spiro atoms. The first kappa shape index (κ1) is 12.3. The maximum atomic E-state index is 12.8. The summed E-state index contributed by atoms with van der Waals surface area (Å²) >= 11 is 0. The van der Waals surface area contributed by atoms with Crippen LogP contribution in [0, 0.1) is 0 Å². The molecule has 1 aliphatic carbocycles. The minimum absolute atomic E-state index is 0.0811. The van der Waals surface area contributed by atoms with Gasteiger partial charge in [0.1, 0.15) is 0 Å². The van der Waals surface area contributed by atoms with Crippen LogP contribution in [-0.4, -0.2) is 10.8 Å². The number of Topliss-reactive ketones (excluding diaryl/α,β-unsaturated/α-hetero) is 1. The van der Waals surface area contributed by atoms with Crippen LogP contribution >= 0.6 is 0 Å². The van der Waals surface area contributed by atoms with Crippen LogP contribution in [0.2, 0.25) is 0 Å². The van der Waals surface area contributed by atoms with Gasteiger partial charge in [0.25, 0.3) is 0 Å². The van der Waals surface area contributed by atoms with Gasteiger partial charge >= 0.3 is 0 Å². The second-order valence-electron chi connectivity index (χ2n) is 5.57. The van der Waals surface area contributed by atoms with Crippen molar-refractivity contribution in [3.8, 4) is 0 Å². The fraction of sp³-hybridized carbons (Fsp3) is 0.158. The first-order valence-electron chi connectivity index (χ1n) is 7.30. The van der Waals surface area contributed by atoms with Crippen molar-refractivity contribution in [2.45, 2.75) is 18.8 Å². The van der Waals surface area contributed by atoms with Crippen molar-refractivity contribution in [3.05, 3.63) is 77.6 Å². The number of hydrogen-bond acceptors (Lipinski definition) is 2. The molecule has 1 atom stereocenters. The highest BCUT2D eigenvalue weighted by atomic mass is 16.1. The zero-order valence-corrected chi connectivity index (χ0v) is 11.6. The average Bonchev–Trinajstić information content (AvgIpc) is 2.98. The molecule has 3 aromatic rings. The van der Waals surface area contributed by atoms with Gasteiger partial charge in [0.05, 0.1) is 11.6 Å². The molecule has 0 aliphatic heterocycles. The number of rotatable bonds is 2. The molecule has 1 aromatic heterocycles. The number of benzene rings is 2. The normalized spacial score (nSPS) is 16.9. The Bertz CT molecular complexity index is 838. The van der Waals surface area contributed by atoms with E-state index in [4.69, 9.17) is 0 Å². The van der Waals surface area contributed by atoms with E-state index in [-0.39, 0.29) is 11.7 Å². The Morgan fingerprint density at radius 2 is 1.86 bits per heavy atom. The molecule has 1 heterocycles. The van der Waals surface area contributed by atoms with Gasteiger partial charge in [-0.25, -0.2) is 0 Å². The number of nitrogens with zero attached hydrogens (tertiary/aromatic N) is 1. The van der Waals surface area contributed by atoms with Gasteiger partial charge in [0.15, 0.2) is 5.78 Å². The molecule has 102 valence electrons. The van der Waals surface area contributed by atoms with E-state index < -0.39 is 0 Å². The molecule has 0 saturated carbocycles. The average molecular weight is 273 g/mol. The van der Waals surface area contributed by atoms with Crippen molar-refractivity contribution in [2.24, 2.45) is 0 Å². The molecule has 2 aromatic carbocycles. The molecule has 21 heavy (non-hydrogen) atoms. The Balaban J connectivity index is 1.74. The molecular formula is C19H15NO. The van der Waals surface area contributed by atoms with Crippen LogP contribution in [-0.2, 0) is 6.42 Å². The standard InChI is InChI=1S/C19H15NO/c21-19(17-10-9-14-6-3-11-20-18(14)17)16-8-7-13-4-1-2-5-15(13)12-16/h1-8,11-12,17H,9-10H2. The first-order chi connectivity index (χ1) is 10.3. The highest BCUT2D eigenvalue weighted by molar-refractivity contribution is 6.04. The van der Waals surface area contributed by atoms with E-state index in [0.29, 0.717) is 0 Å². The third-order valence-corrected chi connectivity index (χ3v) is 4.31. The molecule has 0 radical (unpaired) electrons. The smallest absolute Gasteiger partial charge is 0.171 e. The Morgan fingerprint density at radius 1 is 1.00 bits per heavy atom. The number of pyridine rings is 1. The van der Waals surface area contributed by atoms with Crippen LogP contribution in [0.1, 0.15) is 34.0 Å². The monoisotopic (exact) mass is 273 g/mol. The Kier molecular flexibility index (Phi) is 2.81. The van der Waals surface area contributed by atoms with Gasteiger partial charge in [-0.2, -0.15) is 0 Å². The van der Waals surface area contributed by atoms with Crippen molar-refractivity contribution < 1.29 is 4.79 Å². The molecule has 0 N–H and O–H groups in total. The summed E-state index contributed by atoms with van der Waals surface area (Å²) in [5.41, 5.74) is 2.98. The highest BCUT2D eigenvalue weighted by Crippen LogP contribution is 2.34. The zero-order valence-electron chi connectivity index (χ0n) is 11.6. The summed E-state index contributed by atoms with van der Waals surface area (Å²) in [6.07, 6.45) is 3.61. The minimum Gasteiger partial charge on any atom is -0.293 e. The lowest BCUT2D eigenvalue weighted by Crippen LogP contribution is -2.11. The van der Waals surface area contributed by atoms with Crippen molar-refractivity contribution in [1.82, 2.24) is 4.98 Å². The number of aromatic nitrogens is 1. The topological polar surface area (TPSA) is 30.0 Å². The first-order valence-corrected chi connectivity index (χ1v) is 7.30. The van der Waals surface area contributed by atoms with Gasteiger partial charge < -0.3 is 0 Å². The van der Waals surface area contributed by atoms with Crippen LogP contribution in [0.5, 0.6) is 0 Å². The highest BCUT2D eigenvalue weighted by Gasteiger charge is 2.30. The van der Waals surface area contributed by atoms with Crippen molar-refractivity contribution in [3.63, 3.8) is 0 Å². The summed E-state index contributed by atoms with van der Waals surface area (Å²) < 4.78 is 0. The van der Waals surface area contributed by atoms with Gasteiger partial charge in [-0.1, -0.05) is 42.5 Å². The molecular weight excluding hydrogens is 258 g/mol. The van der Waals surface area contributed by atoms with E-state index in [1.165, 1.54) is 10.9 Å². The third-order valence-electron chi connectivity index (χ3n) is 4.31. The fourth-order valence-electron chi connectivity index (χ4n) is 3.21. The number of carbonyl (C=O) groups excluding carboxylic acids is 1. The fourth-order valence-corrected chi connectivity index (χ4v) is 3.21. The van der Waals surface area contributed by atoms with E-state index in [1.54, 1.807) is 6.20 Å². The van der Waals surface area contributed by atoms with Crippen LogP contribution in [0.15, 0.2) is 60.8 Å². The number of hydrogen-bond donors (Lipinski definition) is 0. The molecule has 1 aliphatic rings. The minimum atomic E-state index is -0.0811. The Hall–Kier alpha value is -2.48. The van der Waals surface area contributed by atoms with E-state index in [0.717, 1.165) is 29.5 Å². The number of carbonyl (C=O) groups is 1. The largest absolute Gasteiger partial charge is 0.293 e. The van der Waals surface area contributed by atoms with Crippen molar-refractivity contribution in [2.75, 3.05) is 0 Å². The molecule has 4 rings (SSSR count). The quantitative estimate of drug-likeness (QED) is 0.657. The van der Waals surface area contributed by atoms with Gasteiger partial charge in [-0.3, -0.25) is 9.78 Å². The summed E-state index contributed by atoms with van der Waals surface area (Å²) in [6.45, 7) is 0. The number of aryl methyl sites for hydroxylation is 1. The number of fused-ring (bicyclic) bond motifs is 2. The summed E-state index contributed by atoms with van der Waals surface area (Å²) in [7, 11) is 0. The maximum absolute atomic E-state index is 12.8. The predicted molar refractivity (Wildman–Crippen MR) is 83.6 cm³/mol. The Labute approximate surface area is 123 Å². The lowest BCUT2D eigenvalue weighted by atomic mass is 9.94. The third kappa shape index (κ3) is 2.04. The van der Waals surface area contributed by atoms with Gasteiger partial charge in [0, 0.05) is 11.8 Å². The lowest BCUT2D eigenvalue weighted by Gasteiger charge is -2.10. The zero-order chi connectivity index (χ0) is 14.2. The molecule has 0 amide bonds. The second kappa shape index (κ2) is 4.81. The molecule has 2 nitrogen and oxygen atoms in total. The molecule has 0 bridgehead atoms. The van der Waals surface area contributed by atoms with E-state index >= 15 is 0 Å². The van der Waals surface area contributed by atoms with Crippen molar-refractivity contribution >= 4 is 16.6 Å². The summed E-state index contributed by atoms with van der Waals surface area (Å²) in [5, 5.41) is 2.28. The summed E-state index contributed by atoms with van der Waals surface area (Å²) in [4.78, 5) is 17.2. The summed E-state index contributed by atoms with van der Waals surface area (Å²) in [6, 6.07) is 18.1. The van der Waals surface area contributed by atoms with Gasteiger partial charge in [-0.15, -0.1) is 0 Å². The van der Waals surface area contributed by atoms with E-state index in [2.05, 4.69) is 17.1 Å². The molecule has 2 heteroatoms. The van der Waals surface area contributed by atoms with Crippen LogP contribution in [0.3, 0.4) is 0 Å². The number of ketones is 1. The van der Waals surface area contributed by atoms with Crippen LogP contribution < -0.4 is 0 Å². The Morgan fingerprint density at radius 3 is 2.76 bits per heavy atom. The second-order valence-corrected chi connectivity index (χ2v) is 5.57. The molecule has 0 saturated heterocycles.